The molecule has 0 saturated carbocycles. The Hall–Kier alpha value is -2.82. The summed E-state index contributed by atoms with van der Waals surface area (Å²) in [4.78, 5) is 26.2. The van der Waals surface area contributed by atoms with Crippen LogP contribution in [-0.4, -0.2) is 24.5 Å². The number of hydrogen-bond acceptors (Lipinski definition) is 3. The monoisotopic (exact) mass is 310 g/mol. The molecule has 5 nitrogen and oxygen atoms in total. The van der Waals surface area contributed by atoms with E-state index in [2.05, 4.69) is 5.32 Å². The number of amides is 2. The molecule has 2 aromatic carbocycles. The molecule has 5 heteroatoms. The third kappa shape index (κ3) is 3.04. The molecule has 0 fully saturated rings. The number of nitrogens with zero attached hydrogens (tertiary/aromatic N) is 1. The minimum absolute atomic E-state index is 0.0564. The number of nitrogens with one attached hydrogen (secondary N) is 1. The SMILES string of the molecule is Cc1ccc(NC(=O)C(C)N2C(=O)COc3ccccc32)cc1. The van der Waals surface area contributed by atoms with E-state index in [1.165, 1.54) is 4.90 Å². The van der Waals surface area contributed by atoms with Crippen LogP contribution in [0.2, 0.25) is 0 Å². The third-order valence-electron chi connectivity index (χ3n) is 3.83. The fourth-order valence-electron chi connectivity index (χ4n) is 2.55. The quantitative estimate of drug-likeness (QED) is 0.948. The normalized spacial score (nSPS) is 14.7. The number of hydrogen-bond donors (Lipinski definition) is 1. The molecule has 118 valence electrons. The lowest BCUT2D eigenvalue weighted by Crippen LogP contribution is -2.49. The van der Waals surface area contributed by atoms with E-state index in [-0.39, 0.29) is 18.4 Å². The predicted molar refractivity (Wildman–Crippen MR) is 88.7 cm³/mol. The maximum Gasteiger partial charge on any atom is 0.265 e. The number of carbonyl (C=O) groups excluding carboxylic acids is 2. The lowest BCUT2D eigenvalue weighted by atomic mass is 10.1. The minimum atomic E-state index is -0.631. The van der Waals surface area contributed by atoms with Crippen molar-refractivity contribution in [3.8, 4) is 5.75 Å². The third-order valence-corrected chi connectivity index (χ3v) is 3.83. The number of fused-ring (bicyclic) bond motifs is 1. The smallest absolute Gasteiger partial charge is 0.265 e. The van der Waals surface area contributed by atoms with Gasteiger partial charge in [-0.1, -0.05) is 29.8 Å². The van der Waals surface area contributed by atoms with Crippen LogP contribution < -0.4 is 15.0 Å². The summed E-state index contributed by atoms with van der Waals surface area (Å²) in [5.41, 5.74) is 2.45. The van der Waals surface area contributed by atoms with Crippen LogP contribution in [0.5, 0.6) is 5.75 Å². The van der Waals surface area contributed by atoms with Crippen molar-refractivity contribution < 1.29 is 14.3 Å². The number of ether oxygens (including phenoxy) is 1. The topological polar surface area (TPSA) is 58.6 Å². The van der Waals surface area contributed by atoms with Crippen molar-refractivity contribution in [2.75, 3.05) is 16.8 Å². The van der Waals surface area contributed by atoms with Crippen molar-refractivity contribution in [2.45, 2.75) is 19.9 Å². The Morgan fingerprint density at radius 3 is 2.61 bits per heavy atom. The number of rotatable bonds is 3. The summed E-state index contributed by atoms with van der Waals surface area (Å²) in [5.74, 6) is 0.149. The van der Waals surface area contributed by atoms with Gasteiger partial charge in [0.2, 0.25) is 5.91 Å². The van der Waals surface area contributed by atoms with Crippen molar-refractivity contribution in [1.82, 2.24) is 0 Å². The molecule has 1 N–H and O–H groups in total. The second-order valence-corrected chi connectivity index (χ2v) is 5.55. The molecular formula is C18H18N2O3. The number of anilines is 2. The lowest BCUT2D eigenvalue weighted by molar-refractivity contribution is -0.125. The van der Waals surface area contributed by atoms with Crippen molar-refractivity contribution in [2.24, 2.45) is 0 Å². The molecule has 2 amide bonds. The number of aryl methyl sites for hydroxylation is 1. The molecule has 1 atom stereocenters. The molecular weight excluding hydrogens is 292 g/mol. The zero-order chi connectivity index (χ0) is 16.4. The van der Waals surface area contributed by atoms with Gasteiger partial charge < -0.3 is 10.1 Å². The highest BCUT2D eigenvalue weighted by atomic mass is 16.5. The summed E-state index contributed by atoms with van der Waals surface area (Å²) in [6.07, 6.45) is 0. The fraction of sp³-hybridized carbons (Fsp3) is 0.222. The molecule has 23 heavy (non-hydrogen) atoms. The average molecular weight is 310 g/mol. The summed E-state index contributed by atoms with van der Waals surface area (Å²) in [5, 5.41) is 2.84. The summed E-state index contributed by atoms with van der Waals surface area (Å²) in [7, 11) is 0. The van der Waals surface area contributed by atoms with Gasteiger partial charge in [-0.15, -0.1) is 0 Å². The number of benzene rings is 2. The zero-order valence-corrected chi connectivity index (χ0v) is 13.1. The van der Waals surface area contributed by atoms with Crippen molar-refractivity contribution >= 4 is 23.2 Å². The van der Waals surface area contributed by atoms with Gasteiger partial charge in [0.25, 0.3) is 5.91 Å². The standard InChI is InChI=1S/C18H18N2O3/c1-12-7-9-14(10-8-12)19-18(22)13(2)20-15-5-3-4-6-16(15)23-11-17(20)21/h3-10,13H,11H2,1-2H3,(H,19,22). The van der Waals surface area contributed by atoms with Crippen LogP contribution in [0.15, 0.2) is 48.5 Å². The Morgan fingerprint density at radius 2 is 1.87 bits per heavy atom. The largest absolute Gasteiger partial charge is 0.482 e. The first-order valence-electron chi connectivity index (χ1n) is 7.47. The molecule has 1 aliphatic rings. The van der Waals surface area contributed by atoms with Gasteiger partial charge in [-0.2, -0.15) is 0 Å². The van der Waals surface area contributed by atoms with E-state index >= 15 is 0 Å². The van der Waals surface area contributed by atoms with Gasteiger partial charge >= 0.3 is 0 Å². The van der Waals surface area contributed by atoms with Crippen LogP contribution in [0.1, 0.15) is 12.5 Å². The maximum absolute atomic E-state index is 12.5. The Kier molecular flexibility index (Phi) is 4.02. The zero-order valence-electron chi connectivity index (χ0n) is 13.1. The van der Waals surface area contributed by atoms with Gasteiger partial charge in [-0.3, -0.25) is 14.5 Å². The second kappa shape index (κ2) is 6.12. The molecule has 1 heterocycles. The molecule has 0 bridgehead atoms. The first-order valence-corrected chi connectivity index (χ1v) is 7.47. The summed E-state index contributed by atoms with van der Waals surface area (Å²) < 4.78 is 5.40. The fourth-order valence-corrected chi connectivity index (χ4v) is 2.55. The Morgan fingerprint density at radius 1 is 1.17 bits per heavy atom. The van der Waals surface area contributed by atoms with E-state index < -0.39 is 6.04 Å². The van der Waals surface area contributed by atoms with E-state index in [9.17, 15) is 9.59 Å². The molecule has 2 aromatic rings. The van der Waals surface area contributed by atoms with Crippen LogP contribution in [0.4, 0.5) is 11.4 Å². The Labute approximate surface area is 134 Å². The molecule has 0 spiro atoms. The Bertz CT molecular complexity index is 740. The first kappa shape index (κ1) is 15.1. The van der Waals surface area contributed by atoms with E-state index in [0.29, 0.717) is 17.1 Å². The van der Waals surface area contributed by atoms with Gasteiger partial charge in [0.05, 0.1) is 5.69 Å². The molecule has 0 radical (unpaired) electrons. The molecule has 0 saturated heterocycles. The summed E-state index contributed by atoms with van der Waals surface area (Å²) in [6, 6.07) is 14.1. The summed E-state index contributed by atoms with van der Waals surface area (Å²) in [6.45, 7) is 3.64. The average Bonchev–Trinajstić information content (AvgIpc) is 2.56. The second-order valence-electron chi connectivity index (χ2n) is 5.55. The van der Waals surface area contributed by atoms with Crippen molar-refractivity contribution in [1.29, 1.82) is 0 Å². The van der Waals surface area contributed by atoms with Crippen molar-refractivity contribution in [3.05, 3.63) is 54.1 Å². The van der Waals surface area contributed by atoms with Gasteiger partial charge in [0.1, 0.15) is 11.8 Å². The molecule has 1 aliphatic heterocycles. The van der Waals surface area contributed by atoms with E-state index in [1.807, 2.05) is 43.3 Å². The minimum Gasteiger partial charge on any atom is -0.482 e. The van der Waals surface area contributed by atoms with E-state index in [0.717, 1.165) is 5.56 Å². The number of carbonyl (C=O) groups is 2. The van der Waals surface area contributed by atoms with Crippen LogP contribution >= 0.6 is 0 Å². The van der Waals surface area contributed by atoms with E-state index in [4.69, 9.17) is 4.74 Å². The molecule has 1 unspecified atom stereocenters. The predicted octanol–water partition coefficient (Wildman–Crippen LogP) is 2.75. The van der Waals surface area contributed by atoms with Crippen LogP contribution in [0.25, 0.3) is 0 Å². The highest BCUT2D eigenvalue weighted by Gasteiger charge is 2.32. The van der Waals surface area contributed by atoms with Crippen molar-refractivity contribution in [3.63, 3.8) is 0 Å². The highest BCUT2D eigenvalue weighted by molar-refractivity contribution is 6.06. The van der Waals surface area contributed by atoms with Gasteiger partial charge in [-0.05, 0) is 38.1 Å². The Balaban J connectivity index is 1.81. The first-order chi connectivity index (χ1) is 11.1. The van der Waals surface area contributed by atoms with Gasteiger partial charge in [0.15, 0.2) is 6.61 Å². The van der Waals surface area contributed by atoms with Crippen LogP contribution in [0.3, 0.4) is 0 Å². The van der Waals surface area contributed by atoms with Gasteiger partial charge in [0, 0.05) is 5.69 Å². The maximum atomic E-state index is 12.5. The van der Waals surface area contributed by atoms with Crippen LogP contribution in [0, 0.1) is 6.92 Å². The molecule has 3 rings (SSSR count). The van der Waals surface area contributed by atoms with E-state index in [1.54, 1.807) is 19.1 Å². The van der Waals surface area contributed by atoms with Crippen LogP contribution in [-0.2, 0) is 9.59 Å². The summed E-state index contributed by atoms with van der Waals surface area (Å²) >= 11 is 0. The van der Waals surface area contributed by atoms with Gasteiger partial charge in [-0.25, -0.2) is 0 Å². The highest BCUT2D eigenvalue weighted by Crippen LogP contribution is 2.33. The lowest BCUT2D eigenvalue weighted by Gasteiger charge is -2.33. The molecule has 0 aromatic heterocycles. The number of para-hydroxylation sites is 2. The molecule has 0 aliphatic carbocycles.